The molecule has 114 valence electrons. The lowest BCUT2D eigenvalue weighted by molar-refractivity contribution is -0.284. The summed E-state index contributed by atoms with van der Waals surface area (Å²) < 4.78 is 66.1. The van der Waals surface area contributed by atoms with Crippen molar-refractivity contribution in [2.45, 2.75) is 24.9 Å². The number of thioether (sulfide) groups is 1. The second-order valence-electron chi connectivity index (χ2n) is 4.08. The van der Waals surface area contributed by atoms with Gasteiger partial charge < -0.3 is 4.74 Å². The molecular formula is C13H15F5OS. The van der Waals surface area contributed by atoms with Gasteiger partial charge in [-0.3, -0.25) is 0 Å². The molecule has 7 heteroatoms. The van der Waals surface area contributed by atoms with Gasteiger partial charge in [-0.2, -0.15) is 33.7 Å². The average Bonchev–Trinajstić information content (AvgIpc) is 2.37. The third kappa shape index (κ3) is 5.98. The fraction of sp³-hybridized carbons (Fsp3) is 0.538. The SMILES string of the molecule is FC(F)(F)C(F)(F)CCCSCCOc1ccccc1. The van der Waals surface area contributed by atoms with Gasteiger partial charge in [0.1, 0.15) is 5.75 Å². The Kier molecular flexibility index (Phi) is 6.58. The highest BCUT2D eigenvalue weighted by Crippen LogP contribution is 2.38. The zero-order chi connectivity index (χ0) is 15.1. The minimum Gasteiger partial charge on any atom is -0.493 e. The fourth-order valence-electron chi connectivity index (χ4n) is 1.38. The van der Waals surface area contributed by atoms with E-state index in [0.29, 0.717) is 18.1 Å². The summed E-state index contributed by atoms with van der Waals surface area (Å²) in [6.45, 7) is 0.393. The summed E-state index contributed by atoms with van der Waals surface area (Å²) >= 11 is 1.30. The molecule has 0 spiro atoms. The Morgan fingerprint density at radius 3 is 2.20 bits per heavy atom. The van der Waals surface area contributed by atoms with Crippen LogP contribution in [0.5, 0.6) is 5.75 Å². The minimum absolute atomic E-state index is 0.178. The van der Waals surface area contributed by atoms with Crippen molar-refractivity contribution in [2.75, 3.05) is 18.1 Å². The molecule has 0 bridgehead atoms. The van der Waals surface area contributed by atoms with E-state index in [1.165, 1.54) is 11.8 Å². The molecule has 20 heavy (non-hydrogen) atoms. The summed E-state index contributed by atoms with van der Waals surface area (Å²) in [5, 5.41) is 0. The molecule has 0 N–H and O–H groups in total. The van der Waals surface area contributed by atoms with Gasteiger partial charge >= 0.3 is 12.1 Å². The Morgan fingerprint density at radius 2 is 1.60 bits per heavy atom. The van der Waals surface area contributed by atoms with Gasteiger partial charge in [-0.15, -0.1) is 0 Å². The summed E-state index contributed by atoms with van der Waals surface area (Å²) in [6.07, 6.45) is -6.79. The van der Waals surface area contributed by atoms with Gasteiger partial charge in [0, 0.05) is 12.2 Å². The number of para-hydroxylation sites is 1. The first-order valence-electron chi connectivity index (χ1n) is 6.03. The standard InChI is InChI=1S/C13H15F5OS/c14-12(15,13(16,17)18)7-4-9-20-10-8-19-11-5-2-1-3-6-11/h1-3,5-6H,4,7-10H2. The maximum absolute atomic E-state index is 12.6. The molecule has 0 aliphatic rings. The topological polar surface area (TPSA) is 9.23 Å². The molecule has 0 aliphatic carbocycles. The first-order chi connectivity index (χ1) is 9.33. The zero-order valence-electron chi connectivity index (χ0n) is 10.6. The molecule has 1 aromatic carbocycles. The monoisotopic (exact) mass is 314 g/mol. The lowest BCUT2D eigenvalue weighted by Gasteiger charge is -2.19. The van der Waals surface area contributed by atoms with Crippen molar-refractivity contribution in [2.24, 2.45) is 0 Å². The predicted octanol–water partition coefficient (Wildman–Crippen LogP) is 4.78. The number of alkyl halides is 5. The van der Waals surface area contributed by atoms with Gasteiger partial charge in [0.25, 0.3) is 0 Å². The van der Waals surface area contributed by atoms with E-state index in [-0.39, 0.29) is 12.2 Å². The van der Waals surface area contributed by atoms with Crippen LogP contribution in [0.2, 0.25) is 0 Å². The van der Waals surface area contributed by atoms with E-state index in [1.54, 1.807) is 12.1 Å². The molecular weight excluding hydrogens is 299 g/mol. The summed E-state index contributed by atoms with van der Waals surface area (Å²) in [5.41, 5.74) is 0. The van der Waals surface area contributed by atoms with E-state index in [2.05, 4.69) is 0 Å². The van der Waals surface area contributed by atoms with Crippen molar-refractivity contribution in [3.05, 3.63) is 30.3 Å². The Morgan fingerprint density at radius 1 is 0.950 bits per heavy atom. The maximum Gasteiger partial charge on any atom is 0.453 e. The summed E-state index contributed by atoms with van der Waals surface area (Å²) in [6, 6.07) is 9.06. The molecule has 0 aromatic heterocycles. The van der Waals surface area contributed by atoms with Crippen molar-refractivity contribution < 1.29 is 26.7 Å². The predicted molar refractivity (Wildman–Crippen MR) is 69.5 cm³/mol. The van der Waals surface area contributed by atoms with E-state index in [4.69, 9.17) is 4.74 Å². The zero-order valence-corrected chi connectivity index (χ0v) is 11.4. The van der Waals surface area contributed by atoms with E-state index < -0.39 is 18.5 Å². The van der Waals surface area contributed by atoms with Gasteiger partial charge in [-0.25, -0.2) is 0 Å². The van der Waals surface area contributed by atoms with Crippen LogP contribution in [0.3, 0.4) is 0 Å². The smallest absolute Gasteiger partial charge is 0.453 e. The molecule has 0 fully saturated rings. The van der Waals surface area contributed by atoms with Crippen LogP contribution >= 0.6 is 11.8 Å². The molecule has 0 amide bonds. The number of halogens is 5. The number of benzene rings is 1. The molecule has 0 saturated heterocycles. The van der Waals surface area contributed by atoms with Crippen LogP contribution < -0.4 is 4.74 Å². The summed E-state index contributed by atoms with van der Waals surface area (Å²) in [4.78, 5) is 0. The van der Waals surface area contributed by atoms with Gasteiger partial charge in [-0.05, 0) is 24.3 Å². The molecule has 1 rings (SSSR count). The number of ether oxygens (including phenoxy) is 1. The normalized spacial score (nSPS) is 12.4. The van der Waals surface area contributed by atoms with Gasteiger partial charge in [0.15, 0.2) is 0 Å². The van der Waals surface area contributed by atoms with Crippen LogP contribution in [0.15, 0.2) is 30.3 Å². The van der Waals surface area contributed by atoms with Crippen molar-refractivity contribution in [1.29, 1.82) is 0 Å². The Bertz CT molecular complexity index is 380. The van der Waals surface area contributed by atoms with Crippen molar-refractivity contribution in [1.82, 2.24) is 0 Å². The van der Waals surface area contributed by atoms with E-state index in [1.807, 2.05) is 18.2 Å². The van der Waals surface area contributed by atoms with Crippen LogP contribution in [0.1, 0.15) is 12.8 Å². The van der Waals surface area contributed by atoms with Gasteiger partial charge in [0.2, 0.25) is 0 Å². The first-order valence-corrected chi connectivity index (χ1v) is 7.18. The first kappa shape index (κ1) is 17.1. The van der Waals surface area contributed by atoms with E-state index in [0.717, 1.165) is 0 Å². The molecule has 1 aromatic rings. The molecule has 0 aliphatic heterocycles. The second-order valence-corrected chi connectivity index (χ2v) is 5.30. The van der Waals surface area contributed by atoms with Crippen LogP contribution in [0, 0.1) is 0 Å². The van der Waals surface area contributed by atoms with Crippen LogP contribution in [-0.2, 0) is 0 Å². The highest BCUT2D eigenvalue weighted by Gasteiger charge is 2.56. The molecule has 0 saturated carbocycles. The van der Waals surface area contributed by atoms with E-state index >= 15 is 0 Å². The van der Waals surface area contributed by atoms with Gasteiger partial charge in [-0.1, -0.05) is 18.2 Å². The van der Waals surface area contributed by atoms with Crippen LogP contribution in [0.25, 0.3) is 0 Å². The Hall–Kier alpha value is -0.980. The summed E-state index contributed by atoms with van der Waals surface area (Å²) in [5.74, 6) is -3.08. The molecule has 0 radical (unpaired) electrons. The second kappa shape index (κ2) is 7.71. The Balaban J connectivity index is 2.06. The van der Waals surface area contributed by atoms with Crippen molar-refractivity contribution in [3.63, 3.8) is 0 Å². The minimum atomic E-state index is -5.45. The van der Waals surface area contributed by atoms with Crippen LogP contribution in [-0.4, -0.2) is 30.2 Å². The number of rotatable bonds is 8. The van der Waals surface area contributed by atoms with E-state index in [9.17, 15) is 22.0 Å². The third-order valence-electron chi connectivity index (χ3n) is 2.43. The molecule has 0 atom stereocenters. The number of hydrogen-bond donors (Lipinski definition) is 0. The summed E-state index contributed by atoms with van der Waals surface area (Å²) in [7, 11) is 0. The third-order valence-corrected chi connectivity index (χ3v) is 3.47. The fourth-order valence-corrected chi connectivity index (χ4v) is 2.13. The lowest BCUT2D eigenvalue weighted by atomic mass is 10.2. The van der Waals surface area contributed by atoms with Crippen molar-refractivity contribution >= 4 is 11.8 Å². The maximum atomic E-state index is 12.6. The largest absolute Gasteiger partial charge is 0.493 e. The number of hydrogen-bond acceptors (Lipinski definition) is 2. The highest BCUT2D eigenvalue weighted by molar-refractivity contribution is 7.99. The van der Waals surface area contributed by atoms with Crippen molar-refractivity contribution in [3.8, 4) is 5.75 Å². The lowest BCUT2D eigenvalue weighted by Crippen LogP contribution is -2.36. The highest BCUT2D eigenvalue weighted by atomic mass is 32.2. The quantitative estimate of drug-likeness (QED) is 0.504. The Labute approximate surface area is 118 Å². The molecule has 1 nitrogen and oxygen atoms in total. The van der Waals surface area contributed by atoms with Gasteiger partial charge in [0.05, 0.1) is 6.61 Å². The molecule has 0 heterocycles. The molecule has 0 unspecified atom stereocenters. The van der Waals surface area contributed by atoms with Crippen LogP contribution in [0.4, 0.5) is 22.0 Å². The average molecular weight is 314 g/mol.